The standard InChI is InChI=1S/C29H36NO6P/c1-27-11-9-19(30-36-14-13-35-20-4-6-21(37)7-5-20)15-18(27)3-8-22-23-10-12-29(34,25(33)17-31)28(23,2)16-24(32)26(22)27/h4-7,9,11,15,22-23,26,31,34H,3,8,10,12-14,16-17,37H2,1-2H3/b30-19+/t22-,23-,26+,27-,28-,29-/m0/s1. The zero-order valence-electron chi connectivity index (χ0n) is 21.5. The lowest BCUT2D eigenvalue weighted by molar-refractivity contribution is -0.168. The highest BCUT2D eigenvalue weighted by atomic mass is 31.0. The van der Waals surface area contributed by atoms with Gasteiger partial charge >= 0.3 is 0 Å². The Morgan fingerprint density at radius 2 is 1.95 bits per heavy atom. The Morgan fingerprint density at radius 3 is 2.68 bits per heavy atom. The number of hydrogen-bond acceptors (Lipinski definition) is 7. The molecule has 3 saturated carbocycles. The number of Topliss-reactive ketones (excluding diaryl/α,β-unsaturated/α-hetero) is 2. The van der Waals surface area contributed by atoms with Gasteiger partial charge in [-0.3, -0.25) is 9.59 Å². The van der Waals surface area contributed by atoms with Crippen molar-refractivity contribution in [2.45, 2.75) is 51.6 Å². The van der Waals surface area contributed by atoms with E-state index in [1.54, 1.807) is 0 Å². The van der Waals surface area contributed by atoms with E-state index in [0.29, 0.717) is 26.1 Å². The van der Waals surface area contributed by atoms with Gasteiger partial charge in [-0.25, -0.2) is 0 Å². The molecule has 5 rings (SSSR count). The molecule has 4 aliphatic carbocycles. The average molecular weight is 526 g/mol. The van der Waals surface area contributed by atoms with Crippen LogP contribution in [-0.4, -0.2) is 52.9 Å². The SMILES string of the molecule is C[C@]12C=C/C(=N\OCCOc3ccc(P)cc3)C=C1CC[C@@H]1[C@@H]2C(=O)C[C@@]2(C)[C@H]1CC[C@]2(O)C(=O)CO. The fourth-order valence-electron chi connectivity index (χ4n) is 7.57. The van der Waals surface area contributed by atoms with Gasteiger partial charge in [0.2, 0.25) is 0 Å². The zero-order chi connectivity index (χ0) is 26.4. The van der Waals surface area contributed by atoms with Crippen LogP contribution >= 0.6 is 9.24 Å². The summed E-state index contributed by atoms with van der Waals surface area (Å²) in [5, 5.41) is 26.2. The lowest BCUT2D eigenvalue weighted by atomic mass is 9.46. The Morgan fingerprint density at radius 1 is 1.19 bits per heavy atom. The molecule has 0 aliphatic heterocycles. The largest absolute Gasteiger partial charge is 0.490 e. The molecule has 8 heteroatoms. The predicted molar refractivity (Wildman–Crippen MR) is 144 cm³/mol. The molecule has 0 amide bonds. The van der Waals surface area contributed by atoms with Crippen molar-refractivity contribution < 1.29 is 29.4 Å². The molecule has 0 radical (unpaired) electrons. The van der Waals surface area contributed by atoms with Gasteiger partial charge in [-0.2, -0.15) is 0 Å². The second-order valence-electron chi connectivity index (χ2n) is 11.4. The minimum Gasteiger partial charge on any atom is -0.490 e. The molecular weight excluding hydrogens is 489 g/mol. The molecule has 198 valence electrons. The minimum absolute atomic E-state index is 0.0631. The molecule has 3 fully saturated rings. The summed E-state index contributed by atoms with van der Waals surface area (Å²) in [5.74, 6) is 0.268. The first-order valence-electron chi connectivity index (χ1n) is 13.1. The zero-order valence-corrected chi connectivity index (χ0v) is 22.6. The number of aliphatic hydroxyl groups excluding tert-OH is 1. The summed E-state index contributed by atoms with van der Waals surface area (Å²) in [4.78, 5) is 31.7. The number of hydrogen-bond donors (Lipinski definition) is 2. The van der Waals surface area contributed by atoms with Crippen molar-refractivity contribution in [1.82, 2.24) is 0 Å². The summed E-state index contributed by atoms with van der Waals surface area (Å²) >= 11 is 0. The summed E-state index contributed by atoms with van der Waals surface area (Å²) in [6, 6.07) is 7.74. The number of ketones is 2. The third kappa shape index (κ3) is 4.29. The van der Waals surface area contributed by atoms with Crippen molar-refractivity contribution >= 4 is 31.8 Å². The van der Waals surface area contributed by atoms with Crippen LogP contribution in [0.4, 0.5) is 0 Å². The number of nitrogens with zero attached hydrogens (tertiary/aromatic N) is 1. The Labute approximate surface area is 220 Å². The van der Waals surface area contributed by atoms with Crippen molar-refractivity contribution in [3.8, 4) is 5.75 Å². The van der Waals surface area contributed by atoms with Crippen molar-refractivity contribution in [2.75, 3.05) is 19.8 Å². The summed E-state index contributed by atoms with van der Waals surface area (Å²) in [7, 11) is 2.64. The number of carbonyl (C=O) groups is 2. The summed E-state index contributed by atoms with van der Waals surface area (Å²) in [6.07, 6.45) is 8.84. The maximum absolute atomic E-state index is 13.7. The molecule has 0 aromatic heterocycles. The quantitative estimate of drug-likeness (QED) is 0.322. The molecular formula is C29H36NO6P. The van der Waals surface area contributed by atoms with Gasteiger partial charge in [0.25, 0.3) is 0 Å². The van der Waals surface area contributed by atoms with Gasteiger partial charge in [0, 0.05) is 23.2 Å². The van der Waals surface area contributed by atoms with Crippen LogP contribution in [0.2, 0.25) is 0 Å². The molecule has 1 aromatic rings. The molecule has 1 aromatic carbocycles. The third-order valence-corrected chi connectivity index (χ3v) is 9.90. The van der Waals surface area contributed by atoms with Crippen LogP contribution in [0, 0.1) is 28.6 Å². The molecule has 7 atom stereocenters. The second kappa shape index (κ2) is 9.76. The highest BCUT2D eigenvalue weighted by Crippen LogP contribution is 2.66. The van der Waals surface area contributed by atoms with Crippen molar-refractivity contribution in [3.63, 3.8) is 0 Å². The molecule has 2 N–H and O–H groups in total. The number of fused-ring (bicyclic) bond motifs is 5. The van der Waals surface area contributed by atoms with Crippen LogP contribution in [0.5, 0.6) is 5.75 Å². The van der Waals surface area contributed by atoms with Crippen molar-refractivity contribution in [3.05, 3.63) is 48.1 Å². The fourth-order valence-corrected chi connectivity index (χ4v) is 7.76. The molecule has 7 nitrogen and oxygen atoms in total. The van der Waals surface area contributed by atoms with Crippen LogP contribution in [0.1, 0.15) is 46.0 Å². The van der Waals surface area contributed by atoms with Gasteiger partial charge in [0.1, 0.15) is 36.1 Å². The van der Waals surface area contributed by atoms with Crippen LogP contribution < -0.4 is 10.0 Å². The van der Waals surface area contributed by atoms with E-state index < -0.39 is 28.8 Å². The first-order chi connectivity index (χ1) is 17.6. The number of oxime groups is 1. The van der Waals surface area contributed by atoms with E-state index in [2.05, 4.69) is 27.4 Å². The topological polar surface area (TPSA) is 105 Å². The van der Waals surface area contributed by atoms with E-state index >= 15 is 0 Å². The fraction of sp³-hybridized carbons (Fsp3) is 0.552. The summed E-state index contributed by atoms with van der Waals surface area (Å²) in [5.41, 5.74) is -0.999. The predicted octanol–water partition coefficient (Wildman–Crippen LogP) is 3.15. The third-order valence-electron chi connectivity index (χ3n) is 9.52. The van der Waals surface area contributed by atoms with Gasteiger partial charge in [-0.1, -0.05) is 42.8 Å². The highest BCUT2D eigenvalue weighted by molar-refractivity contribution is 7.27. The van der Waals surface area contributed by atoms with E-state index in [4.69, 9.17) is 9.57 Å². The summed E-state index contributed by atoms with van der Waals surface area (Å²) in [6.45, 7) is 4.00. The Balaban J connectivity index is 1.27. The van der Waals surface area contributed by atoms with Crippen molar-refractivity contribution in [2.24, 2.45) is 33.7 Å². The molecule has 1 unspecified atom stereocenters. The first-order valence-corrected chi connectivity index (χ1v) is 13.7. The van der Waals surface area contributed by atoms with E-state index in [9.17, 15) is 19.8 Å². The monoisotopic (exact) mass is 525 g/mol. The highest BCUT2D eigenvalue weighted by Gasteiger charge is 2.68. The average Bonchev–Trinajstić information content (AvgIpc) is 3.15. The van der Waals surface area contributed by atoms with Gasteiger partial charge in [0.05, 0.1) is 0 Å². The molecule has 0 bridgehead atoms. The molecule has 0 spiro atoms. The first kappa shape index (κ1) is 26.3. The van der Waals surface area contributed by atoms with Gasteiger partial charge in [-0.15, -0.1) is 9.24 Å². The summed E-state index contributed by atoms with van der Waals surface area (Å²) < 4.78 is 5.68. The van der Waals surface area contributed by atoms with Crippen LogP contribution in [0.25, 0.3) is 0 Å². The number of allylic oxidation sites excluding steroid dienone is 4. The molecule has 4 aliphatic rings. The Hall–Kier alpha value is -2.34. The van der Waals surface area contributed by atoms with Crippen LogP contribution in [0.15, 0.2) is 53.2 Å². The number of ether oxygens (including phenoxy) is 1. The molecule has 0 heterocycles. The van der Waals surface area contributed by atoms with E-state index in [-0.39, 0.29) is 30.0 Å². The Bertz CT molecular complexity index is 1180. The minimum atomic E-state index is -1.63. The van der Waals surface area contributed by atoms with Gasteiger partial charge in [0.15, 0.2) is 12.4 Å². The molecule has 37 heavy (non-hydrogen) atoms. The maximum Gasteiger partial charge on any atom is 0.190 e. The van der Waals surface area contributed by atoms with Gasteiger partial charge in [-0.05, 0) is 67.1 Å². The lowest BCUT2D eigenvalue weighted by Crippen LogP contribution is -2.60. The molecule has 0 saturated heterocycles. The van der Waals surface area contributed by atoms with Crippen molar-refractivity contribution in [1.29, 1.82) is 0 Å². The van der Waals surface area contributed by atoms with E-state index in [1.807, 2.05) is 43.3 Å². The maximum atomic E-state index is 13.7. The lowest BCUT2D eigenvalue weighted by Gasteiger charge is -2.56. The second-order valence-corrected chi connectivity index (χ2v) is 12.0. The number of aliphatic hydroxyl groups is 2. The number of carbonyl (C=O) groups excluding carboxylic acids is 2. The number of rotatable bonds is 7. The van der Waals surface area contributed by atoms with E-state index in [0.717, 1.165) is 29.6 Å². The smallest absolute Gasteiger partial charge is 0.190 e. The normalized spacial score (nSPS) is 37.4. The number of benzene rings is 1. The van der Waals surface area contributed by atoms with Gasteiger partial charge < -0.3 is 19.8 Å². The van der Waals surface area contributed by atoms with E-state index in [1.165, 1.54) is 5.57 Å². The Kier molecular flexibility index (Phi) is 6.93. The van der Waals surface area contributed by atoms with Crippen LogP contribution in [0.3, 0.4) is 0 Å². The van der Waals surface area contributed by atoms with Crippen LogP contribution in [-0.2, 0) is 14.4 Å².